The highest BCUT2D eigenvalue weighted by Gasteiger charge is 2.15. The standard InChI is InChI=1S/C16H20N2O6/c1-12(19)11-17(10-9-16(21)24-2)15(20)8-5-13-3-6-14(7-4-13)18(22)23/h3-8,12,19H,9-11H2,1-2H3/b8-5+. The highest BCUT2D eigenvalue weighted by Crippen LogP contribution is 2.13. The molecule has 0 aliphatic rings. The second kappa shape index (κ2) is 9.41. The summed E-state index contributed by atoms with van der Waals surface area (Å²) < 4.78 is 4.53. The van der Waals surface area contributed by atoms with E-state index in [0.717, 1.165) is 0 Å². The molecule has 0 aliphatic carbocycles. The van der Waals surface area contributed by atoms with Crippen LogP contribution in [0.2, 0.25) is 0 Å². The third-order valence-corrected chi connectivity index (χ3v) is 3.13. The number of hydrogen-bond donors (Lipinski definition) is 1. The molecule has 130 valence electrons. The lowest BCUT2D eigenvalue weighted by atomic mass is 10.2. The quantitative estimate of drug-likeness (QED) is 0.332. The van der Waals surface area contributed by atoms with E-state index in [2.05, 4.69) is 4.74 Å². The number of methoxy groups -OCH3 is 1. The van der Waals surface area contributed by atoms with Gasteiger partial charge in [-0.3, -0.25) is 19.7 Å². The zero-order chi connectivity index (χ0) is 18.1. The van der Waals surface area contributed by atoms with Gasteiger partial charge in [-0.2, -0.15) is 0 Å². The lowest BCUT2D eigenvalue weighted by molar-refractivity contribution is -0.384. The molecule has 24 heavy (non-hydrogen) atoms. The molecule has 0 saturated heterocycles. The van der Waals surface area contributed by atoms with Gasteiger partial charge in [0.1, 0.15) is 0 Å². The number of hydrogen-bond acceptors (Lipinski definition) is 6. The number of amides is 1. The number of carbonyl (C=O) groups excluding carboxylic acids is 2. The summed E-state index contributed by atoms with van der Waals surface area (Å²) in [6.45, 7) is 1.75. The third-order valence-electron chi connectivity index (χ3n) is 3.13. The van der Waals surface area contributed by atoms with Crippen LogP contribution >= 0.6 is 0 Å². The zero-order valence-corrected chi connectivity index (χ0v) is 13.5. The fourth-order valence-electron chi connectivity index (χ4n) is 1.92. The summed E-state index contributed by atoms with van der Waals surface area (Å²) in [5.41, 5.74) is 0.589. The second-order valence-corrected chi connectivity index (χ2v) is 5.14. The van der Waals surface area contributed by atoms with Crippen molar-refractivity contribution in [2.24, 2.45) is 0 Å². The monoisotopic (exact) mass is 336 g/mol. The molecule has 8 heteroatoms. The highest BCUT2D eigenvalue weighted by molar-refractivity contribution is 5.92. The van der Waals surface area contributed by atoms with Gasteiger partial charge in [0, 0.05) is 31.3 Å². The van der Waals surface area contributed by atoms with Crippen LogP contribution in [0.15, 0.2) is 30.3 Å². The van der Waals surface area contributed by atoms with E-state index in [-0.39, 0.29) is 31.1 Å². The van der Waals surface area contributed by atoms with Gasteiger partial charge in [-0.05, 0) is 30.7 Å². The van der Waals surface area contributed by atoms with Crippen molar-refractivity contribution in [3.63, 3.8) is 0 Å². The number of aliphatic hydroxyl groups excluding tert-OH is 1. The Morgan fingerprint density at radius 3 is 2.50 bits per heavy atom. The third kappa shape index (κ3) is 6.57. The molecule has 8 nitrogen and oxygen atoms in total. The summed E-state index contributed by atoms with van der Waals surface area (Å²) in [4.78, 5) is 34.8. The fourth-order valence-corrected chi connectivity index (χ4v) is 1.92. The van der Waals surface area contributed by atoms with Crippen LogP contribution in [0, 0.1) is 10.1 Å². The minimum absolute atomic E-state index is 0.0281. The molecule has 0 bridgehead atoms. The zero-order valence-electron chi connectivity index (χ0n) is 13.5. The van der Waals surface area contributed by atoms with Crippen molar-refractivity contribution in [2.45, 2.75) is 19.4 Å². The lowest BCUT2D eigenvalue weighted by Crippen LogP contribution is -2.37. The molecule has 0 saturated carbocycles. The summed E-state index contributed by atoms with van der Waals surface area (Å²) in [6.07, 6.45) is 2.10. The SMILES string of the molecule is COC(=O)CCN(CC(C)O)C(=O)/C=C/c1ccc([N+](=O)[O-])cc1. The number of non-ortho nitro benzene ring substituents is 1. The average Bonchev–Trinajstić information content (AvgIpc) is 2.56. The molecule has 1 aromatic rings. The van der Waals surface area contributed by atoms with Crippen molar-refractivity contribution >= 4 is 23.6 Å². The molecule has 1 N–H and O–H groups in total. The second-order valence-electron chi connectivity index (χ2n) is 5.14. The molecule has 0 radical (unpaired) electrons. The van der Waals surface area contributed by atoms with Gasteiger partial charge in [-0.1, -0.05) is 0 Å². The van der Waals surface area contributed by atoms with E-state index in [4.69, 9.17) is 0 Å². The predicted molar refractivity (Wildman–Crippen MR) is 87.0 cm³/mol. The minimum atomic E-state index is -0.737. The molecule has 1 atom stereocenters. The van der Waals surface area contributed by atoms with Crippen LogP contribution in [0.1, 0.15) is 18.9 Å². The Labute approximate surface area is 139 Å². The van der Waals surface area contributed by atoms with Crippen molar-refractivity contribution in [1.82, 2.24) is 4.90 Å². The largest absolute Gasteiger partial charge is 0.469 e. The number of nitrogens with zero attached hydrogens (tertiary/aromatic N) is 2. The van der Waals surface area contributed by atoms with Gasteiger partial charge >= 0.3 is 5.97 Å². The number of aliphatic hydroxyl groups is 1. The average molecular weight is 336 g/mol. The number of esters is 1. The van der Waals surface area contributed by atoms with Crippen LogP contribution in [0.25, 0.3) is 6.08 Å². The Morgan fingerprint density at radius 1 is 1.38 bits per heavy atom. The number of ether oxygens (including phenoxy) is 1. The van der Waals surface area contributed by atoms with Gasteiger partial charge < -0.3 is 14.7 Å². The maximum Gasteiger partial charge on any atom is 0.307 e. The van der Waals surface area contributed by atoms with E-state index in [1.807, 2.05) is 0 Å². The maximum atomic E-state index is 12.2. The first-order valence-electron chi connectivity index (χ1n) is 7.29. The fraction of sp³-hybridized carbons (Fsp3) is 0.375. The van der Waals surface area contributed by atoms with Crippen LogP contribution in [0.5, 0.6) is 0 Å². The summed E-state index contributed by atoms with van der Waals surface area (Å²) in [7, 11) is 1.26. The Balaban J connectivity index is 2.74. The van der Waals surface area contributed by atoms with Crippen LogP contribution in [-0.4, -0.2) is 53.1 Å². The van der Waals surface area contributed by atoms with Crippen molar-refractivity contribution in [1.29, 1.82) is 0 Å². The molecule has 0 aliphatic heterocycles. The van der Waals surface area contributed by atoms with Crippen LogP contribution in [0.3, 0.4) is 0 Å². The van der Waals surface area contributed by atoms with Gasteiger partial charge in [0.05, 0.1) is 24.6 Å². The van der Waals surface area contributed by atoms with Crippen molar-refractivity contribution in [3.8, 4) is 0 Å². The van der Waals surface area contributed by atoms with E-state index >= 15 is 0 Å². The van der Waals surface area contributed by atoms with Crippen molar-refractivity contribution < 1.29 is 24.4 Å². The molecule has 1 unspecified atom stereocenters. The highest BCUT2D eigenvalue weighted by atomic mass is 16.6. The van der Waals surface area contributed by atoms with Crippen molar-refractivity contribution in [2.75, 3.05) is 20.2 Å². The van der Waals surface area contributed by atoms with Gasteiger partial charge in [-0.25, -0.2) is 0 Å². The number of carbonyl (C=O) groups is 2. The van der Waals surface area contributed by atoms with E-state index < -0.39 is 17.0 Å². The van der Waals surface area contributed by atoms with E-state index in [1.165, 1.54) is 48.4 Å². The molecule has 0 spiro atoms. The molecular weight excluding hydrogens is 316 g/mol. The molecule has 1 rings (SSSR count). The Morgan fingerprint density at radius 2 is 2.00 bits per heavy atom. The molecule has 0 aromatic heterocycles. The van der Waals surface area contributed by atoms with Crippen LogP contribution < -0.4 is 0 Å². The molecule has 0 fully saturated rings. The first-order valence-corrected chi connectivity index (χ1v) is 7.29. The van der Waals surface area contributed by atoms with Crippen LogP contribution in [-0.2, 0) is 14.3 Å². The van der Waals surface area contributed by atoms with Gasteiger partial charge in [-0.15, -0.1) is 0 Å². The normalized spacial score (nSPS) is 12.0. The Bertz CT molecular complexity index is 609. The number of benzene rings is 1. The summed E-state index contributed by atoms with van der Waals surface area (Å²) in [5, 5.41) is 20.1. The van der Waals surface area contributed by atoms with Crippen molar-refractivity contribution in [3.05, 3.63) is 46.0 Å². The molecular formula is C16H20N2O6. The molecule has 0 heterocycles. The smallest absolute Gasteiger partial charge is 0.307 e. The first-order chi connectivity index (χ1) is 11.3. The van der Waals surface area contributed by atoms with Crippen LogP contribution in [0.4, 0.5) is 5.69 Å². The topological polar surface area (TPSA) is 110 Å². The molecule has 1 aromatic carbocycles. The van der Waals surface area contributed by atoms with Gasteiger partial charge in [0.15, 0.2) is 0 Å². The summed E-state index contributed by atoms with van der Waals surface area (Å²) >= 11 is 0. The van der Waals surface area contributed by atoms with E-state index in [9.17, 15) is 24.8 Å². The minimum Gasteiger partial charge on any atom is -0.469 e. The molecule has 1 amide bonds. The van der Waals surface area contributed by atoms with Gasteiger partial charge in [0.2, 0.25) is 5.91 Å². The first kappa shape index (κ1) is 19.3. The number of rotatable bonds is 8. The number of nitro groups is 1. The summed E-state index contributed by atoms with van der Waals surface area (Å²) in [5.74, 6) is -0.823. The van der Waals surface area contributed by atoms with E-state index in [0.29, 0.717) is 5.56 Å². The Kier molecular flexibility index (Phi) is 7.57. The summed E-state index contributed by atoms with van der Waals surface area (Å²) in [6, 6.07) is 5.73. The Hall–Kier alpha value is -2.74. The number of nitro benzene ring substituents is 1. The van der Waals surface area contributed by atoms with Gasteiger partial charge in [0.25, 0.3) is 5.69 Å². The maximum absolute atomic E-state index is 12.2. The predicted octanol–water partition coefficient (Wildman–Crippen LogP) is 1.38. The lowest BCUT2D eigenvalue weighted by Gasteiger charge is -2.22. The van der Waals surface area contributed by atoms with E-state index in [1.54, 1.807) is 6.92 Å².